The molecule has 0 radical (unpaired) electrons. The molecule has 1 saturated heterocycles. The zero-order valence-electron chi connectivity index (χ0n) is 10.9. The van der Waals surface area contributed by atoms with Crippen LogP contribution in [-0.4, -0.2) is 26.5 Å². The Morgan fingerprint density at radius 1 is 1.35 bits per heavy atom. The minimum atomic E-state index is -0.0475. The predicted octanol–water partition coefficient (Wildman–Crippen LogP) is 2.93. The van der Waals surface area contributed by atoms with Crippen molar-refractivity contribution in [1.82, 2.24) is 0 Å². The van der Waals surface area contributed by atoms with E-state index in [9.17, 15) is 9.59 Å². The predicted molar refractivity (Wildman–Crippen MR) is 77.4 cm³/mol. The second-order valence-corrected chi connectivity index (χ2v) is 8.56. The van der Waals surface area contributed by atoms with Crippen LogP contribution in [-0.2, 0) is 20.5 Å². The fourth-order valence-electron chi connectivity index (χ4n) is 1.75. The third-order valence-corrected chi connectivity index (χ3v) is 6.81. The first kappa shape index (κ1) is 14.8. The first-order valence-corrected chi connectivity index (χ1v) is 8.35. The van der Waals surface area contributed by atoms with E-state index in [1.54, 1.807) is 6.92 Å². The van der Waals surface area contributed by atoms with Crippen LogP contribution in [0.4, 0.5) is 0 Å². The van der Waals surface area contributed by atoms with Crippen molar-refractivity contribution in [2.75, 3.05) is 11.5 Å². The molecule has 2 nitrogen and oxygen atoms in total. The van der Waals surface area contributed by atoms with Gasteiger partial charge in [-0.15, -0.1) is 0 Å². The van der Waals surface area contributed by atoms with E-state index in [0.29, 0.717) is 17.1 Å². The highest BCUT2D eigenvalue weighted by Crippen LogP contribution is 2.38. The second kappa shape index (κ2) is 6.10. The van der Waals surface area contributed by atoms with Gasteiger partial charge in [-0.3, -0.25) is 4.79 Å². The zero-order valence-corrected chi connectivity index (χ0v) is 12.5. The normalized spacial score (nSPS) is 28.8. The highest BCUT2D eigenvalue weighted by Gasteiger charge is 2.41. The van der Waals surface area contributed by atoms with Gasteiger partial charge in [0.25, 0.3) is 0 Å². The Kier molecular flexibility index (Phi) is 5.32. The highest BCUT2D eigenvalue weighted by molar-refractivity contribution is 8.15. The molecule has 0 aromatic carbocycles. The van der Waals surface area contributed by atoms with E-state index in [2.05, 4.69) is 13.5 Å². The summed E-state index contributed by atoms with van der Waals surface area (Å²) in [6.45, 7) is 9.51. The van der Waals surface area contributed by atoms with E-state index in [4.69, 9.17) is 0 Å². The van der Waals surface area contributed by atoms with Gasteiger partial charge in [-0.1, -0.05) is 25.3 Å². The summed E-state index contributed by atoms with van der Waals surface area (Å²) in [4.78, 5) is 23.3. The summed E-state index contributed by atoms with van der Waals surface area (Å²) in [5.41, 5.74) is 0.616. The molecule has 0 atom stereocenters. The molecule has 1 rings (SSSR count). The van der Waals surface area contributed by atoms with Crippen LogP contribution in [0.15, 0.2) is 12.2 Å². The van der Waals surface area contributed by atoms with Crippen molar-refractivity contribution in [2.24, 2.45) is 0 Å². The third-order valence-electron chi connectivity index (χ3n) is 3.05. The van der Waals surface area contributed by atoms with Gasteiger partial charge in [-0.2, -0.15) is 0 Å². The molecule has 1 aliphatic heterocycles. The lowest BCUT2D eigenvalue weighted by Crippen LogP contribution is -2.38. The number of carbonyl (C=O) groups excluding carboxylic acids is 2. The highest BCUT2D eigenvalue weighted by atomic mass is 32.2. The topological polar surface area (TPSA) is 34.1 Å². The lowest BCUT2D eigenvalue weighted by atomic mass is 10.1. The van der Waals surface area contributed by atoms with Gasteiger partial charge < -0.3 is 0 Å². The first-order chi connectivity index (χ1) is 7.88. The summed E-state index contributed by atoms with van der Waals surface area (Å²) in [6, 6.07) is 0. The quantitative estimate of drug-likeness (QED) is 0.585. The molecule has 0 bridgehead atoms. The first-order valence-electron chi connectivity index (χ1n) is 5.97. The second-order valence-electron chi connectivity index (χ2n) is 4.75. The summed E-state index contributed by atoms with van der Waals surface area (Å²) < 4.78 is 0.00749. The van der Waals surface area contributed by atoms with Crippen molar-refractivity contribution < 1.29 is 9.59 Å². The largest absolute Gasteiger partial charge is 0.330 e. The average molecular weight is 273 g/mol. The minimum Gasteiger partial charge on any atom is -0.282 e. The number of thioether (sulfide) groups is 1. The average Bonchev–Trinajstić information content (AvgIpc) is 2.28. The van der Waals surface area contributed by atoms with Crippen molar-refractivity contribution in [3.8, 4) is 0 Å². The SMILES string of the molecule is C=C(C)C(=O)SC1(C)CC[S+](C(=O)CC)CC1. The molecule has 96 valence electrons. The Morgan fingerprint density at radius 3 is 2.29 bits per heavy atom. The Bertz CT molecular complexity index is 328. The van der Waals surface area contributed by atoms with E-state index >= 15 is 0 Å². The van der Waals surface area contributed by atoms with Gasteiger partial charge in [-0.05, 0) is 19.4 Å². The maximum Gasteiger partial charge on any atom is 0.330 e. The Morgan fingerprint density at radius 2 is 1.88 bits per heavy atom. The van der Waals surface area contributed by atoms with Crippen LogP contribution in [0.3, 0.4) is 0 Å². The van der Waals surface area contributed by atoms with Crippen molar-refractivity contribution in [2.45, 2.75) is 44.8 Å². The van der Waals surface area contributed by atoms with Crippen LogP contribution >= 0.6 is 11.8 Å². The van der Waals surface area contributed by atoms with Gasteiger partial charge in [0.15, 0.2) is 0 Å². The van der Waals surface area contributed by atoms with Crippen LogP contribution in [0, 0.1) is 0 Å². The van der Waals surface area contributed by atoms with Gasteiger partial charge in [0.05, 0.1) is 17.3 Å². The molecular formula is C13H21O2S2+. The molecule has 1 aliphatic rings. The third kappa shape index (κ3) is 4.18. The van der Waals surface area contributed by atoms with Crippen molar-refractivity contribution in [1.29, 1.82) is 0 Å². The van der Waals surface area contributed by atoms with Crippen molar-refractivity contribution >= 4 is 32.9 Å². The lowest BCUT2D eigenvalue weighted by Gasteiger charge is -2.30. The summed E-state index contributed by atoms with van der Waals surface area (Å²) >= 11 is 1.41. The van der Waals surface area contributed by atoms with Crippen LogP contribution in [0.2, 0.25) is 0 Å². The van der Waals surface area contributed by atoms with E-state index in [1.807, 2.05) is 6.92 Å². The van der Waals surface area contributed by atoms with Crippen LogP contribution in [0.25, 0.3) is 0 Å². The number of hydrogen-bond donors (Lipinski definition) is 0. The smallest absolute Gasteiger partial charge is 0.282 e. The molecule has 0 aliphatic carbocycles. The standard InChI is InChI=1S/C13H21O2S2/c1-5-11(14)17-8-6-13(4,7-9-17)16-12(15)10(2)3/h2,5-9H2,1,3-4H3/q+1. The Hall–Kier alpha value is -0.220. The molecule has 0 aromatic rings. The number of rotatable bonds is 3. The fraction of sp³-hybridized carbons (Fsp3) is 0.692. The molecule has 0 aromatic heterocycles. The maximum absolute atomic E-state index is 11.7. The molecule has 1 heterocycles. The molecular weight excluding hydrogens is 252 g/mol. The molecule has 4 heteroatoms. The number of hydrogen-bond acceptors (Lipinski definition) is 3. The molecule has 0 N–H and O–H groups in total. The van der Waals surface area contributed by atoms with Crippen LogP contribution in [0.5, 0.6) is 0 Å². The number of carbonyl (C=O) groups is 2. The molecule has 0 saturated carbocycles. The molecule has 1 fully saturated rings. The monoisotopic (exact) mass is 273 g/mol. The van der Waals surface area contributed by atoms with Gasteiger partial charge in [0.2, 0.25) is 5.12 Å². The Labute approximate surface area is 111 Å². The van der Waals surface area contributed by atoms with Crippen LogP contribution < -0.4 is 0 Å². The van der Waals surface area contributed by atoms with Gasteiger partial charge in [0, 0.05) is 17.6 Å². The van der Waals surface area contributed by atoms with Gasteiger partial charge in [0.1, 0.15) is 11.5 Å². The van der Waals surface area contributed by atoms with Crippen LogP contribution in [0.1, 0.15) is 40.0 Å². The molecule has 0 spiro atoms. The van der Waals surface area contributed by atoms with Crippen molar-refractivity contribution in [3.05, 3.63) is 12.2 Å². The molecule has 0 unspecified atom stereocenters. The molecule has 0 amide bonds. The summed E-state index contributed by atoms with van der Waals surface area (Å²) in [6.07, 6.45) is 2.58. The zero-order chi connectivity index (χ0) is 13.1. The summed E-state index contributed by atoms with van der Waals surface area (Å²) in [7, 11) is -0.0475. The van der Waals surface area contributed by atoms with Crippen molar-refractivity contribution in [3.63, 3.8) is 0 Å². The van der Waals surface area contributed by atoms with Gasteiger partial charge >= 0.3 is 5.12 Å². The maximum atomic E-state index is 11.7. The lowest BCUT2D eigenvalue weighted by molar-refractivity contribution is -0.111. The van der Waals surface area contributed by atoms with E-state index < -0.39 is 0 Å². The van der Waals surface area contributed by atoms with E-state index in [1.165, 1.54) is 11.8 Å². The van der Waals surface area contributed by atoms with E-state index in [-0.39, 0.29) is 20.8 Å². The summed E-state index contributed by atoms with van der Waals surface area (Å²) in [5, 5.41) is 0.499. The minimum absolute atomic E-state index is 0.00749. The van der Waals surface area contributed by atoms with E-state index in [0.717, 1.165) is 24.3 Å². The fourth-order valence-corrected chi connectivity index (χ4v) is 5.50. The Balaban J connectivity index is 2.52. The molecule has 17 heavy (non-hydrogen) atoms. The summed E-state index contributed by atoms with van der Waals surface area (Å²) in [5.74, 6) is 1.92. The van der Waals surface area contributed by atoms with Gasteiger partial charge in [-0.25, -0.2) is 4.79 Å².